The lowest BCUT2D eigenvalue weighted by Gasteiger charge is -2.46. The lowest BCUT2D eigenvalue weighted by atomic mass is 9.97. The van der Waals surface area contributed by atoms with Gasteiger partial charge in [0.25, 0.3) is 0 Å². The fourth-order valence-electron chi connectivity index (χ4n) is 9.64. The first-order valence-electron chi connectivity index (χ1n) is 31.6. The highest BCUT2D eigenvalue weighted by atomic mass is 16.7. The molecule has 0 saturated carbocycles. The maximum Gasteiger partial charge on any atom is 0.220 e. The van der Waals surface area contributed by atoms with Crippen LogP contribution in [-0.2, 0) is 23.7 Å². The van der Waals surface area contributed by atoms with Crippen molar-refractivity contribution in [2.45, 2.75) is 286 Å². The fraction of sp³-hybridized carbons (Fsp3) is 0.716. The van der Waals surface area contributed by atoms with Gasteiger partial charge in [0.2, 0.25) is 5.91 Å². The van der Waals surface area contributed by atoms with Crippen molar-refractivity contribution in [1.29, 1.82) is 0 Å². The summed E-state index contributed by atoms with van der Waals surface area (Å²) in [6.45, 7) is 2.65. The van der Waals surface area contributed by atoms with Crippen LogP contribution in [0.2, 0.25) is 0 Å². The van der Waals surface area contributed by atoms with Crippen LogP contribution in [0.1, 0.15) is 213 Å². The molecular weight excluding hydrogens is 1030 g/mol. The van der Waals surface area contributed by atoms with E-state index in [2.05, 4.69) is 116 Å². The summed E-state index contributed by atoms with van der Waals surface area (Å²) in [6, 6.07) is -0.942. The van der Waals surface area contributed by atoms with Gasteiger partial charge in [0.05, 0.1) is 32.0 Å². The monoisotopic (exact) mass is 1140 g/mol. The van der Waals surface area contributed by atoms with E-state index in [1.807, 2.05) is 6.08 Å². The molecule has 0 aromatic carbocycles. The molecule has 0 aromatic heterocycles. The molecule has 2 fully saturated rings. The van der Waals surface area contributed by atoms with E-state index in [0.29, 0.717) is 12.8 Å². The molecule has 14 heteroatoms. The molecule has 9 N–H and O–H groups in total. The first-order chi connectivity index (χ1) is 39.6. The Labute approximate surface area is 489 Å². The number of hydrogen-bond donors (Lipinski definition) is 9. The van der Waals surface area contributed by atoms with Crippen LogP contribution in [0.5, 0.6) is 0 Å². The first-order valence-corrected chi connectivity index (χ1v) is 31.6. The molecule has 2 aliphatic heterocycles. The summed E-state index contributed by atoms with van der Waals surface area (Å²) in [5, 5.41) is 87.1. The smallest absolute Gasteiger partial charge is 0.220 e. The lowest BCUT2D eigenvalue weighted by Crippen LogP contribution is -2.65. The predicted molar refractivity (Wildman–Crippen MR) is 327 cm³/mol. The summed E-state index contributed by atoms with van der Waals surface area (Å²) >= 11 is 0. The van der Waals surface area contributed by atoms with Crippen molar-refractivity contribution in [1.82, 2.24) is 5.32 Å². The molecule has 14 nitrogen and oxygen atoms in total. The van der Waals surface area contributed by atoms with Gasteiger partial charge in [-0.1, -0.05) is 226 Å². The summed E-state index contributed by atoms with van der Waals surface area (Å²) in [4.78, 5) is 13.3. The summed E-state index contributed by atoms with van der Waals surface area (Å²) in [7, 11) is 0. The Hall–Kier alpha value is -3.35. The maximum atomic E-state index is 13.3. The van der Waals surface area contributed by atoms with Crippen molar-refractivity contribution < 1.29 is 64.6 Å². The number of carbonyl (C=O) groups excluding carboxylic acids is 1. The largest absolute Gasteiger partial charge is 0.394 e. The lowest BCUT2D eigenvalue weighted by molar-refractivity contribution is -0.359. The zero-order valence-electron chi connectivity index (χ0n) is 50.0. The fourth-order valence-corrected chi connectivity index (χ4v) is 9.64. The van der Waals surface area contributed by atoms with Gasteiger partial charge in [0.15, 0.2) is 12.6 Å². The molecule has 0 aromatic rings. The molecule has 2 rings (SSSR count). The van der Waals surface area contributed by atoms with Crippen LogP contribution < -0.4 is 5.32 Å². The van der Waals surface area contributed by atoms with Crippen LogP contribution in [0.4, 0.5) is 0 Å². The third-order valence-electron chi connectivity index (χ3n) is 14.7. The molecule has 81 heavy (non-hydrogen) atoms. The zero-order chi connectivity index (χ0) is 58.8. The van der Waals surface area contributed by atoms with Gasteiger partial charge in [0, 0.05) is 6.42 Å². The predicted octanol–water partition coefficient (Wildman–Crippen LogP) is 11.6. The Morgan fingerprint density at radius 3 is 1.36 bits per heavy atom. The Balaban J connectivity index is 1.72. The van der Waals surface area contributed by atoms with E-state index in [0.717, 1.165) is 83.5 Å². The van der Waals surface area contributed by atoms with Crippen molar-refractivity contribution in [2.75, 3.05) is 19.8 Å². The summed E-state index contributed by atoms with van der Waals surface area (Å²) in [5.41, 5.74) is 0. The number of unbranched alkanes of at least 4 members (excludes halogenated alkanes) is 20. The molecule has 2 heterocycles. The molecule has 2 aliphatic rings. The number of amides is 1. The van der Waals surface area contributed by atoms with E-state index in [-0.39, 0.29) is 18.9 Å². The third-order valence-corrected chi connectivity index (χ3v) is 14.7. The van der Waals surface area contributed by atoms with Crippen molar-refractivity contribution >= 4 is 5.91 Å². The average Bonchev–Trinajstić information content (AvgIpc) is 3.47. The zero-order valence-corrected chi connectivity index (χ0v) is 50.0. The molecule has 0 bridgehead atoms. The van der Waals surface area contributed by atoms with Gasteiger partial charge < -0.3 is 65.1 Å². The molecular formula is C67H113NO13. The van der Waals surface area contributed by atoms with Gasteiger partial charge in [-0.3, -0.25) is 4.79 Å². The van der Waals surface area contributed by atoms with Crippen LogP contribution >= 0.6 is 0 Å². The first kappa shape index (κ1) is 73.8. The van der Waals surface area contributed by atoms with Crippen LogP contribution in [0.3, 0.4) is 0 Å². The molecule has 1 amide bonds. The number of ether oxygens (including phenoxy) is 4. The summed E-state index contributed by atoms with van der Waals surface area (Å²) in [6.07, 6.45) is 55.5. The van der Waals surface area contributed by atoms with Crippen molar-refractivity contribution in [3.05, 3.63) is 109 Å². The van der Waals surface area contributed by atoms with Gasteiger partial charge in [0.1, 0.15) is 48.8 Å². The van der Waals surface area contributed by atoms with Gasteiger partial charge in [-0.2, -0.15) is 0 Å². The Morgan fingerprint density at radius 2 is 0.864 bits per heavy atom. The number of hydrogen-bond acceptors (Lipinski definition) is 13. The highest BCUT2D eigenvalue weighted by molar-refractivity contribution is 5.76. The SMILES string of the molecule is CC/C=C\C/C=C\C/C=C\C/C=C\C/C=C\C/C=C\C/C=C\CCCCCCCCCCCC(=O)NC(COC1OC(CO)C(OC2OC(CO)C(O)C(O)C2O)C(O)C1O)C(O)/C=C/CC/C=C/CCCCCCCCCCCC. The summed E-state index contributed by atoms with van der Waals surface area (Å²) in [5.74, 6) is -0.260. The minimum Gasteiger partial charge on any atom is -0.394 e. The minimum atomic E-state index is -1.80. The second kappa shape index (κ2) is 51.1. The molecule has 12 atom stereocenters. The Kier molecular flexibility index (Phi) is 46.5. The van der Waals surface area contributed by atoms with Gasteiger partial charge >= 0.3 is 0 Å². The molecule has 12 unspecified atom stereocenters. The number of aliphatic hydroxyl groups is 8. The topological polar surface area (TPSA) is 228 Å². The van der Waals surface area contributed by atoms with E-state index in [4.69, 9.17) is 18.9 Å². The van der Waals surface area contributed by atoms with Crippen LogP contribution in [-0.4, -0.2) is 140 Å². The van der Waals surface area contributed by atoms with Gasteiger partial charge in [-0.25, -0.2) is 0 Å². The number of nitrogens with one attached hydrogen (secondary N) is 1. The number of carbonyl (C=O) groups is 1. The van der Waals surface area contributed by atoms with Crippen LogP contribution in [0, 0.1) is 0 Å². The Morgan fingerprint density at radius 1 is 0.457 bits per heavy atom. The molecule has 2 saturated heterocycles. The van der Waals surface area contributed by atoms with Crippen LogP contribution in [0.25, 0.3) is 0 Å². The van der Waals surface area contributed by atoms with Gasteiger partial charge in [-0.15, -0.1) is 0 Å². The number of rotatable bonds is 49. The molecule has 0 spiro atoms. The second-order valence-corrected chi connectivity index (χ2v) is 21.8. The van der Waals surface area contributed by atoms with Crippen molar-refractivity contribution in [3.8, 4) is 0 Å². The van der Waals surface area contributed by atoms with E-state index >= 15 is 0 Å². The quantitative estimate of drug-likeness (QED) is 0.0204. The second-order valence-electron chi connectivity index (χ2n) is 21.8. The number of aliphatic hydroxyl groups excluding tert-OH is 8. The van der Waals surface area contributed by atoms with E-state index < -0.39 is 86.8 Å². The van der Waals surface area contributed by atoms with Crippen LogP contribution in [0.15, 0.2) is 109 Å². The third kappa shape index (κ3) is 36.2. The van der Waals surface area contributed by atoms with E-state index in [1.54, 1.807) is 6.08 Å². The van der Waals surface area contributed by atoms with Gasteiger partial charge in [-0.05, 0) is 89.9 Å². The number of allylic oxidation sites excluding steroid dienone is 17. The Bertz CT molecular complexity index is 1770. The van der Waals surface area contributed by atoms with E-state index in [9.17, 15) is 45.6 Å². The highest BCUT2D eigenvalue weighted by Crippen LogP contribution is 2.30. The minimum absolute atomic E-state index is 0.259. The standard InChI is InChI=1S/C67H113NO13/c1-3-5-7-9-11-13-15-17-19-21-22-23-24-25-26-27-28-29-30-31-32-33-34-35-37-39-41-43-45-47-49-51-59(72)68-55(56(71)50-48-46-44-42-40-38-36-20-18-16-14-12-10-8-6-4-2)54-78-66-64(77)62(75)65(58(53-70)80-66)81-67-63(76)61(74)60(73)57(52-69)79-67/h5,7,11,13,17,19,22-23,25-26,28-29,31-32,40,42,48,50,55-58,60-67,69-71,73-77H,3-4,6,8-10,12,14-16,18,20-21,24,27,30,33-39,41,43-47,49,51-54H2,1-2H3,(H,68,72)/b7-5-,13-11-,19-17-,23-22-,26-25-,29-28-,32-31-,42-40+,50-48+. The summed E-state index contributed by atoms with van der Waals surface area (Å²) < 4.78 is 22.8. The molecule has 0 aliphatic carbocycles. The van der Waals surface area contributed by atoms with Crippen molar-refractivity contribution in [3.63, 3.8) is 0 Å². The normalized spacial score (nSPS) is 24.9. The van der Waals surface area contributed by atoms with E-state index in [1.165, 1.54) is 96.3 Å². The highest BCUT2D eigenvalue weighted by Gasteiger charge is 2.51. The van der Waals surface area contributed by atoms with Crippen molar-refractivity contribution in [2.24, 2.45) is 0 Å². The molecule has 0 radical (unpaired) electrons. The average molecular weight is 1140 g/mol. The maximum absolute atomic E-state index is 13.3. The molecule has 464 valence electrons.